The molecule has 0 fully saturated rings. The van der Waals surface area contributed by atoms with Crippen molar-refractivity contribution in [2.75, 3.05) is 6.61 Å². The summed E-state index contributed by atoms with van der Waals surface area (Å²) in [5, 5.41) is 11.2. The maximum atomic E-state index is 12.0. The van der Waals surface area contributed by atoms with Crippen molar-refractivity contribution in [1.29, 1.82) is 5.26 Å². The molecule has 0 saturated heterocycles. The third-order valence-corrected chi connectivity index (χ3v) is 5.91. The van der Waals surface area contributed by atoms with Crippen LogP contribution in [-0.2, 0) is 9.53 Å². The summed E-state index contributed by atoms with van der Waals surface area (Å²) in [7, 11) is 0. The molecule has 1 atom stereocenters. The molecule has 1 rings (SSSR count). The standard InChI is InChI=1S/C11H10Br2N2O3S/c1-3-18-11(17)6(4-14)15-10(16)8-5(2)7(12)9(13)19-8/h6H,3H2,1-2H3,(H,15,16). The number of nitrogens with one attached hydrogen (secondary N) is 1. The Balaban J connectivity index is 2.87. The third-order valence-electron chi connectivity index (χ3n) is 2.17. The molecule has 1 aromatic heterocycles. The van der Waals surface area contributed by atoms with E-state index in [0.717, 1.165) is 13.8 Å². The Morgan fingerprint density at radius 1 is 1.53 bits per heavy atom. The molecule has 0 aromatic carbocycles. The molecule has 1 amide bonds. The quantitative estimate of drug-likeness (QED) is 0.775. The van der Waals surface area contributed by atoms with E-state index in [1.807, 2.05) is 0 Å². The summed E-state index contributed by atoms with van der Waals surface area (Å²) >= 11 is 7.86. The summed E-state index contributed by atoms with van der Waals surface area (Å²) in [4.78, 5) is 23.9. The molecule has 1 aromatic rings. The summed E-state index contributed by atoms with van der Waals surface area (Å²) in [6.07, 6.45) is 0. The van der Waals surface area contributed by atoms with Crippen LogP contribution in [0.3, 0.4) is 0 Å². The van der Waals surface area contributed by atoms with Crippen molar-refractivity contribution < 1.29 is 14.3 Å². The van der Waals surface area contributed by atoms with Crippen LogP contribution in [0.4, 0.5) is 0 Å². The van der Waals surface area contributed by atoms with Gasteiger partial charge in [0.15, 0.2) is 0 Å². The first-order chi connectivity index (χ1) is 8.92. The van der Waals surface area contributed by atoms with Crippen LogP contribution >= 0.6 is 43.2 Å². The number of hydrogen-bond donors (Lipinski definition) is 1. The number of ether oxygens (including phenoxy) is 1. The van der Waals surface area contributed by atoms with Gasteiger partial charge in [0.2, 0.25) is 6.04 Å². The Hall–Kier alpha value is -0.910. The molecule has 0 saturated carbocycles. The third kappa shape index (κ3) is 3.78. The minimum absolute atomic E-state index is 0.155. The highest BCUT2D eigenvalue weighted by atomic mass is 79.9. The van der Waals surface area contributed by atoms with E-state index >= 15 is 0 Å². The molecule has 1 heterocycles. The summed E-state index contributed by atoms with van der Waals surface area (Å²) in [5.41, 5.74) is 0.745. The van der Waals surface area contributed by atoms with Crippen molar-refractivity contribution in [3.05, 3.63) is 18.7 Å². The van der Waals surface area contributed by atoms with Crippen molar-refractivity contribution >= 4 is 55.1 Å². The smallest absolute Gasteiger partial charge is 0.343 e. The second-order valence-electron chi connectivity index (χ2n) is 3.43. The van der Waals surface area contributed by atoms with E-state index < -0.39 is 17.9 Å². The first-order valence-corrected chi connectivity index (χ1v) is 7.64. The molecule has 102 valence electrons. The van der Waals surface area contributed by atoms with Crippen LogP contribution in [0.2, 0.25) is 0 Å². The highest BCUT2D eigenvalue weighted by Crippen LogP contribution is 2.36. The molecular weight excluding hydrogens is 400 g/mol. The molecule has 1 N–H and O–H groups in total. The van der Waals surface area contributed by atoms with Gasteiger partial charge in [0.25, 0.3) is 5.91 Å². The molecule has 1 unspecified atom stereocenters. The van der Waals surface area contributed by atoms with Gasteiger partial charge in [0, 0.05) is 4.47 Å². The lowest BCUT2D eigenvalue weighted by molar-refractivity contribution is -0.143. The van der Waals surface area contributed by atoms with Gasteiger partial charge in [0.05, 0.1) is 21.3 Å². The number of thiophene rings is 1. The fourth-order valence-corrected chi connectivity index (χ4v) is 3.42. The normalized spacial score (nSPS) is 11.5. The first-order valence-electron chi connectivity index (χ1n) is 5.23. The van der Waals surface area contributed by atoms with Crippen LogP contribution < -0.4 is 5.32 Å². The average Bonchev–Trinajstić information content (AvgIpc) is 2.63. The molecule has 0 bridgehead atoms. The number of halogens is 2. The minimum atomic E-state index is -1.30. The zero-order valence-corrected chi connectivity index (χ0v) is 14.1. The molecule has 0 aliphatic heterocycles. The predicted octanol–water partition coefficient (Wildman–Crippen LogP) is 2.77. The number of rotatable bonds is 4. The molecular formula is C11H10Br2N2O3S. The molecule has 0 radical (unpaired) electrons. The molecule has 0 spiro atoms. The fraction of sp³-hybridized carbons (Fsp3) is 0.364. The zero-order valence-electron chi connectivity index (χ0n) is 10.1. The van der Waals surface area contributed by atoms with Gasteiger partial charge in [-0.2, -0.15) is 5.26 Å². The van der Waals surface area contributed by atoms with Gasteiger partial charge in [-0.1, -0.05) is 0 Å². The summed E-state index contributed by atoms with van der Waals surface area (Å²) in [6.45, 7) is 3.56. The van der Waals surface area contributed by atoms with Crippen molar-refractivity contribution in [3.63, 3.8) is 0 Å². The van der Waals surface area contributed by atoms with Gasteiger partial charge in [0.1, 0.15) is 0 Å². The Morgan fingerprint density at radius 3 is 2.58 bits per heavy atom. The van der Waals surface area contributed by atoms with Crippen molar-refractivity contribution in [2.45, 2.75) is 19.9 Å². The summed E-state index contributed by atoms with van der Waals surface area (Å²) in [5.74, 6) is -1.24. The number of amides is 1. The Morgan fingerprint density at radius 2 is 2.16 bits per heavy atom. The van der Waals surface area contributed by atoms with Crippen molar-refractivity contribution in [1.82, 2.24) is 5.32 Å². The predicted molar refractivity (Wildman–Crippen MR) is 78.0 cm³/mol. The second-order valence-corrected chi connectivity index (χ2v) is 6.56. The highest BCUT2D eigenvalue weighted by molar-refractivity contribution is 9.13. The van der Waals surface area contributed by atoms with Crippen LogP contribution in [0.25, 0.3) is 0 Å². The van der Waals surface area contributed by atoms with Crippen LogP contribution in [-0.4, -0.2) is 24.5 Å². The lowest BCUT2D eigenvalue weighted by Crippen LogP contribution is -2.40. The second kappa shape index (κ2) is 7.03. The molecule has 0 aliphatic rings. The van der Waals surface area contributed by atoms with Gasteiger partial charge < -0.3 is 10.1 Å². The van der Waals surface area contributed by atoms with Crippen LogP contribution in [0.5, 0.6) is 0 Å². The Labute approximate surface area is 131 Å². The largest absolute Gasteiger partial charge is 0.464 e. The van der Waals surface area contributed by atoms with Crippen LogP contribution in [0.15, 0.2) is 8.26 Å². The number of esters is 1. The van der Waals surface area contributed by atoms with E-state index in [9.17, 15) is 9.59 Å². The highest BCUT2D eigenvalue weighted by Gasteiger charge is 2.25. The SMILES string of the molecule is CCOC(=O)C(C#N)NC(=O)c1sc(Br)c(Br)c1C. The molecule has 8 heteroatoms. The minimum Gasteiger partial charge on any atom is -0.464 e. The Bertz CT molecular complexity index is 551. The maximum Gasteiger partial charge on any atom is 0.343 e. The number of nitrogens with zero attached hydrogens (tertiary/aromatic N) is 1. The van der Waals surface area contributed by atoms with Crippen molar-refractivity contribution in [2.24, 2.45) is 0 Å². The topological polar surface area (TPSA) is 79.2 Å². The molecule has 0 aliphatic carbocycles. The monoisotopic (exact) mass is 408 g/mol. The lowest BCUT2D eigenvalue weighted by atomic mass is 10.2. The van der Waals surface area contributed by atoms with Gasteiger partial charge in [-0.25, -0.2) is 4.79 Å². The Kier molecular flexibility index (Phi) is 5.97. The number of nitriles is 1. The van der Waals surface area contributed by atoms with E-state index in [1.165, 1.54) is 11.3 Å². The number of carbonyl (C=O) groups excluding carboxylic acids is 2. The number of carbonyl (C=O) groups is 2. The molecule has 19 heavy (non-hydrogen) atoms. The van der Waals surface area contributed by atoms with E-state index in [-0.39, 0.29) is 6.61 Å². The summed E-state index contributed by atoms with van der Waals surface area (Å²) in [6, 6.07) is 0.403. The van der Waals surface area contributed by atoms with Crippen LogP contribution in [0, 0.1) is 18.3 Å². The fourth-order valence-electron chi connectivity index (χ4n) is 1.24. The zero-order chi connectivity index (χ0) is 14.6. The van der Waals surface area contributed by atoms with E-state index in [2.05, 4.69) is 37.2 Å². The lowest BCUT2D eigenvalue weighted by Gasteiger charge is -2.10. The van der Waals surface area contributed by atoms with E-state index in [4.69, 9.17) is 10.00 Å². The average molecular weight is 410 g/mol. The number of hydrogen-bond acceptors (Lipinski definition) is 5. The van der Waals surface area contributed by atoms with Gasteiger partial charge in [-0.15, -0.1) is 11.3 Å². The van der Waals surface area contributed by atoms with Crippen LogP contribution in [0.1, 0.15) is 22.2 Å². The van der Waals surface area contributed by atoms with Gasteiger partial charge >= 0.3 is 5.97 Å². The van der Waals surface area contributed by atoms with Crippen molar-refractivity contribution in [3.8, 4) is 6.07 Å². The van der Waals surface area contributed by atoms with E-state index in [1.54, 1.807) is 19.9 Å². The van der Waals surface area contributed by atoms with Gasteiger partial charge in [-0.3, -0.25) is 4.79 Å². The molecule has 5 nitrogen and oxygen atoms in total. The summed E-state index contributed by atoms with van der Waals surface area (Å²) < 4.78 is 6.26. The van der Waals surface area contributed by atoms with Gasteiger partial charge in [-0.05, 0) is 51.3 Å². The first kappa shape index (κ1) is 16.1. The maximum absolute atomic E-state index is 12.0. The van der Waals surface area contributed by atoms with E-state index in [0.29, 0.717) is 4.88 Å².